The first-order valence-corrected chi connectivity index (χ1v) is 6.58. The van der Waals surface area contributed by atoms with Gasteiger partial charge in [-0.05, 0) is 29.8 Å². The van der Waals surface area contributed by atoms with Gasteiger partial charge in [0.2, 0.25) is 5.91 Å². The van der Waals surface area contributed by atoms with Crippen LogP contribution in [0.1, 0.15) is 11.3 Å². The summed E-state index contributed by atoms with van der Waals surface area (Å²) in [6.07, 6.45) is 3.02. The van der Waals surface area contributed by atoms with Crippen molar-refractivity contribution < 1.29 is 4.79 Å². The van der Waals surface area contributed by atoms with Gasteiger partial charge in [-0.1, -0.05) is 6.07 Å². The molecule has 102 valence electrons. The van der Waals surface area contributed by atoms with Crippen LogP contribution in [0, 0.1) is 0 Å². The molecule has 1 aromatic heterocycles. The maximum Gasteiger partial charge on any atom is 0.228 e. The Balaban J connectivity index is 1.66. The van der Waals surface area contributed by atoms with Crippen molar-refractivity contribution in [1.82, 2.24) is 4.98 Å². The Kier molecular flexibility index (Phi) is 3.25. The lowest BCUT2D eigenvalue weighted by Gasteiger charge is -2.11. The van der Waals surface area contributed by atoms with Crippen LogP contribution in [-0.4, -0.2) is 17.4 Å². The summed E-state index contributed by atoms with van der Waals surface area (Å²) in [4.78, 5) is 15.6. The quantitative estimate of drug-likeness (QED) is 0.739. The van der Waals surface area contributed by atoms with Gasteiger partial charge in [0, 0.05) is 30.5 Å². The fourth-order valence-electron chi connectivity index (χ4n) is 2.32. The highest BCUT2D eigenvalue weighted by atomic mass is 16.1. The zero-order valence-corrected chi connectivity index (χ0v) is 11.0. The van der Waals surface area contributed by atoms with Crippen LogP contribution in [0.15, 0.2) is 36.5 Å². The van der Waals surface area contributed by atoms with E-state index in [0.717, 1.165) is 35.6 Å². The maximum atomic E-state index is 11.3. The van der Waals surface area contributed by atoms with Gasteiger partial charge in [-0.25, -0.2) is 0 Å². The van der Waals surface area contributed by atoms with Crippen molar-refractivity contribution in [3.63, 3.8) is 0 Å². The smallest absolute Gasteiger partial charge is 0.228 e. The molecular weight excluding hydrogens is 252 g/mol. The van der Waals surface area contributed by atoms with E-state index in [1.807, 2.05) is 30.3 Å². The number of benzene rings is 1. The molecule has 4 N–H and O–H groups in total. The molecule has 1 aliphatic heterocycles. The monoisotopic (exact) mass is 268 g/mol. The van der Waals surface area contributed by atoms with Crippen LogP contribution in [0.2, 0.25) is 0 Å². The van der Waals surface area contributed by atoms with Gasteiger partial charge in [-0.15, -0.1) is 0 Å². The summed E-state index contributed by atoms with van der Waals surface area (Å²) in [5.74, 6) is 0.0186. The number of aromatic nitrogens is 1. The lowest BCUT2D eigenvalue weighted by molar-refractivity contribution is -0.115. The molecule has 1 amide bonds. The Morgan fingerprint density at radius 2 is 2.25 bits per heavy atom. The molecule has 1 aliphatic rings. The molecule has 2 heterocycles. The van der Waals surface area contributed by atoms with E-state index in [4.69, 9.17) is 5.73 Å². The molecule has 0 spiro atoms. The van der Waals surface area contributed by atoms with Crippen LogP contribution in [0.5, 0.6) is 0 Å². The molecule has 0 fully saturated rings. The number of anilines is 3. The molecule has 0 saturated heterocycles. The second-order valence-electron chi connectivity index (χ2n) is 4.82. The number of amides is 1. The zero-order chi connectivity index (χ0) is 13.9. The Hall–Kier alpha value is -2.56. The summed E-state index contributed by atoms with van der Waals surface area (Å²) in [5, 5.41) is 6.12. The van der Waals surface area contributed by atoms with E-state index in [-0.39, 0.29) is 5.91 Å². The Bertz CT molecular complexity index is 640. The third kappa shape index (κ3) is 2.56. The molecule has 2 aromatic rings. The minimum atomic E-state index is 0.0186. The molecular formula is C15H16N4O. The van der Waals surface area contributed by atoms with Gasteiger partial charge in [-0.3, -0.25) is 9.78 Å². The van der Waals surface area contributed by atoms with Crippen LogP contribution in [0.3, 0.4) is 0 Å². The molecule has 20 heavy (non-hydrogen) atoms. The van der Waals surface area contributed by atoms with Crippen molar-refractivity contribution in [3.8, 4) is 0 Å². The van der Waals surface area contributed by atoms with Gasteiger partial charge in [-0.2, -0.15) is 0 Å². The van der Waals surface area contributed by atoms with Crippen molar-refractivity contribution in [2.24, 2.45) is 0 Å². The number of fused-ring (bicyclic) bond motifs is 1. The predicted octanol–water partition coefficient (Wildman–Crippen LogP) is 1.81. The first-order valence-electron chi connectivity index (χ1n) is 6.58. The molecule has 1 aromatic carbocycles. The van der Waals surface area contributed by atoms with E-state index in [9.17, 15) is 4.79 Å². The van der Waals surface area contributed by atoms with Crippen molar-refractivity contribution in [2.75, 3.05) is 22.9 Å². The topological polar surface area (TPSA) is 80.0 Å². The largest absolute Gasteiger partial charge is 0.397 e. The second-order valence-corrected chi connectivity index (χ2v) is 4.82. The Morgan fingerprint density at radius 3 is 3.05 bits per heavy atom. The highest BCUT2D eigenvalue weighted by Gasteiger charge is 2.19. The number of carbonyl (C=O) groups is 1. The fraction of sp³-hybridized carbons (Fsp3) is 0.200. The molecule has 5 heteroatoms. The first-order chi connectivity index (χ1) is 9.72. The summed E-state index contributed by atoms with van der Waals surface area (Å²) in [6, 6.07) is 9.62. The first kappa shape index (κ1) is 12.5. The molecule has 0 radical (unpaired) electrons. The third-order valence-corrected chi connectivity index (χ3v) is 3.32. The second kappa shape index (κ2) is 5.21. The Morgan fingerprint density at radius 1 is 1.35 bits per heavy atom. The summed E-state index contributed by atoms with van der Waals surface area (Å²) >= 11 is 0. The Labute approximate surface area is 117 Å². The summed E-state index contributed by atoms with van der Waals surface area (Å²) in [7, 11) is 0. The van der Waals surface area contributed by atoms with Gasteiger partial charge < -0.3 is 16.4 Å². The van der Waals surface area contributed by atoms with Gasteiger partial charge in [0.05, 0.1) is 17.8 Å². The van der Waals surface area contributed by atoms with Crippen LogP contribution in [0.4, 0.5) is 17.1 Å². The van der Waals surface area contributed by atoms with Crippen LogP contribution < -0.4 is 16.4 Å². The number of nitrogens with two attached hydrogens (primary N) is 1. The van der Waals surface area contributed by atoms with Crippen LogP contribution >= 0.6 is 0 Å². The maximum absolute atomic E-state index is 11.3. The highest BCUT2D eigenvalue weighted by molar-refractivity contribution is 6.00. The van der Waals surface area contributed by atoms with E-state index in [2.05, 4.69) is 15.6 Å². The minimum absolute atomic E-state index is 0.0186. The van der Waals surface area contributed by atoms with Crippen molar-refractivity contribution in [1.29, 1.82) is 0 Å². The number of hydrogen-bond acceptors (Lipinski definition) is 4. The highest BCUT2D eigenvalue weighted by Crippen LogP contribution is 2.31. The molecule has 0 aliphatic carbocycles. The number of nitrogens with one attached hydrogen (secondary N) is 2. The SMILES string of the molecule is Nc1cc2c(cc1NCCc1ccccn1)NC(=O)C2. The predicted molar refractivity (Wildman–Crippen MR) is 79.6 cm³/mol. The molecule has 5 nitrogen and oxygen atoms in total. The van der Waals surface area contributed by atoms with E-state index >= 15 is 0 Å². The standard InChI is InChI=1S/C15H16N4O/c16-12-7-10-8-15(20)19-13(10)9-14(12)18-6-4-11-3-1-2-5-17-11/h1-3,5,7,9,18H,4,6,8,16H2,(H,19,20). The third-order valence-electron chi connectivity index (χ3n) is 3.32. The fourth-order valence-corrected chi connectivity index (χ4v) is 2.32. The molecule has 3 rings (SSSR count). The van der Waals surface area contributed by atoms with Crippen molar-refractivity contribution >= 4 is 23.0 Å². The van der Waals surface area contributed by atoms with E-state index < -0.39 is 0 Å². The molecule has 0 atom stereocenters. The van der Waals surface area contributed by atoms with E-state index in [1.54, 1.807) is 6.20 Å². The summed E-state index contributed by atoms with van der Waals surface area (Å²) < 4.78 is 0. The molecule has 0 unspecified atom stereocenters. The van der Waals surface area contributed by atoms with Crippen LogP contribution in [-0.2, 0) is 17.6 Å². The lowest BCUT2D eigenvalue weighted by Crippen LogP contribution is -2.08. The van der Waals surface area contributed by atoms with E-state index in [1.165, 1.54) is 0 Å². The lowest BCUT2D eigenvalue weighted by atomic mass is 10.1. The summed E-state index contributed by atoms with van der Waals surface area (Å²) in [5.41, 5.74) is 10.4. The number of nitrogens with zero attached hydrogens (tertiary/aromatic N) is 1. The van der Waals surface area contributed by atoms with Gasteiger partial charge in [0.25, 0.3) is 0 Å². The number of carbonyl (C=O) groups excluding carboxylic acids is 1. The van der Waals surface area contributed by atoms with Crippen molar-refractivity contribution in [3.05, 3.63) is 47.8 Å². The molecule has 0 saturated carbocycles. The van der Waals surface area contributed by atoms with Crippen molar-refractivity contribution in [2.45, 2.75) is 12.8 Å². The van der Waals surface area contributed by atoms with Gasteiger partial charge in [0.1, 0.15) is 0 Å². The molecule has 0 bridgehead atoms. The normalized spacial score (nSPS) is 12.9. The summed E-state index contributed by atoms with van der Waals surface area (Å²) in [6.45, 7) is 0.744. The number of nitrogen functional groups attached to an aromatic ring is 1. The minimum Gasteiger partial charge on any atom is -0.397 e. The van der Waals surface area contributed by atoms with Crippen LogP contribution in [0.25, 0.3) is 0 Å². The number of hydrogen-bond donors (Lipinski definition) is 3. The average molecular weight is 268 g/mol. The zero-order valence-electron chi connectivity index (χ0n) is 11.0. The average Bonchev–Trinajstić information content (AvgIpc) is 2.79. The number of rotatable bonds is 4. The van der Waals surface area contributed by atoms with Gasteiger partial charge in [0.15, 0.2) is 0 Å². The van der Waals surface area contributed by atoms with E-state index in [0.29, 0.717) is 12.1 Å². The van der Waals surface area contributed by atoms with Gasteiger partial charge >= 0.3 is 0 Å². The number of pyridine rings is 1.